The van der Waals surface area contributed by atoms with Crippen LogP contribution in [0.5, 0.6) is 0 Å². The van der Waals surface area contributed by atoms with Crippen LogP contribution in [-0.4, -0.2) is 31.2 Å². The zero-order valence-corrected chi connectivity index (χ0v) is 7.99. The maximum atomic E-state index is 11.0. The first kappa shape index (κ1) is 11.6. The van der Waals surface area contributed by atoms with Crippen molar-refractivity contribution in [3.05, 3.63) is 0 Å². The standard InChI is InChI=1S/C8H13NO4/c1-4-13-8(11)7(10)5-6(2)9-12-3/h4-5H2,1-3H3/b9-6+. The van der Waals surface area contributed by atoms with Crippen LogP contribution in [0.2, 0.25) is 0 Å². The average molecular weight is 187 g/mol. The molecule has 0 aliphatic rings. The molecule has 0 rings (SSSR count). The Balaban J connectivity index is 4.00. The SMILES string of the molecule is CCOC(=O)C(=O)C/C(C)=N/OC. The molecule has 0 N–H and O–H groups in total. The number of hydrogen-bond acceptors (Lipinski definition) is 5. The third kappa shape index (κ3) is 4.95. The lowest BCUT2D eigenvalue weighted by Crippen LogP contribution is -2.19. The van der Waals surface area contributed by atoms with Crippen molar-refractivity contribution in [3.8, 4) is 0 Å². The highest BCUT2D eigenvalue weighted by Gasteiger charge is 2.15. The highest BCUT2D eigenvalue weighted by molar-refractivity contribution is 6.37. The molecule has 0 heterocycles. The smallest absolute Gasteiger partial charge is 0.374 e. The molecule has 74 valence electrons. The molecule has 0 amide bonds. The van der Waals surface area contributed by atoms with Gasteiger partial charge in [0, 0.05) is 0 Å². The Morgan fingerprint density at radius 2 is 2.00 bits per heavy atom. The van der Waals surface area contributed by atoms with Crippen molar-refractivity contribution >= 4 is 17.5 Å². The van der Waals surface area contributed by atoms with Crippen LogP contribution in [0, 0.1) is 0 Å². The molecule has 0 fully saturated rings. The quantitative estimate of drug-likeness (QED) is 0.272. The lowest BCUT2D eigenvalue weighted by atomic mass is 10.2. The van der Waals surface area contributed by atoms with Crippen LogP contribution >= 0.6 is 0 Å². The minimum atomic E-state index is -0.826. The summed E-state index contributed by atoms with van der Waals surface area (Å²) in [5.41, 5.74) is 0.445. The molecule has 13 heavy (non-hydrogen) atoms. The second-order valence-electron chi connectivity index (χ2n) is 2.33. The molecule has 0 aromatic heterocycles. The van der Waals surface area contributed by atoms with Gasteiger partial charge in [0.1, 0.15) is 7.11 Å². The predicted molar refractivity (Wildman–Crippen MR) is 46.4 cm³/mol. The molecule has 5 nitrogen and oxygen atoms in total. The summed E-state index contributed by atoms with van der Waals surface area (Å²) in [5, 5.41) is 3.50. The Morgan fingerprint density at radius 3 is 2.46 bits per heavy atom. The molecule has 0 radical (unpaired) electrons. The molecule has 0 saturated heterocycles. The number of ketones is 1. The number of carbonyl (C=O) groups is 2. The van der Waals surface area contributed by atoms with Gasteiger partial charge in [-0.1, -0.05) is 5.16 Å². The minimum Gasteiger partial charge on any atom is -0.460 e. The molecular formula is C8H13NO4. The van der Waals surface area contributed by atoms with Crippen LogP contribution in [0.1, 0.15) is 20.3 Å². The lowest BCUT2D eigenvalue weighted by molar-refractivity contribution is -0.152. The zero-order chi connectivity index (χ0) is 10.3. The van der Waals surface area contributed by atoms with Gasteiger partial charge in [-0.25, -0.2) is 4.79 Å². The van der Waals surface area contributed by atoms with E-state index in [1.807, 2.05) is 0 Å². The second-order valence-corrected chi connectivity index (χ2v) is 2.33. The van der Waals surface area contributed by atoms with E-state index >= 15 is 0 Å². The first-order valence-corrected chi connectivity index (χ1v) is 3.88. The van der Waals surface area contributed by atoms with Gasteiger partial charge in [-0.2, -0.15) is 0 Å². The van der Waals surface area contributed by atoms with Crippen LogP contribution in [0.25, 0.3) is 0 Å². The first-order valence-electron chi connectivity index (χ1n) is 3.88. The number of rotatable bonds is 5. The molecule has 0 unspecified atom stereocenters. The highest BCUT2D eigenvalue weighted by Crippen LogP contribution is 1.92. The lowest BCUT2D eigenvalue weighted by Gasteiger charge is -1.99. The van der Waals surface area contributed by atoms with Gasteiger partial charge in [0.2, 0.25) is 5.78 Å². The molecule has 0 aliphatic carbocycles. The van der Waals surface area contributed by atoms with Gasteiger partial charge in [0.25, 0.3) is 0 Å². The molecule has 0 aliphatic heterocycles. The predicted octanol–water partition coefficient (Wildman–Crippen LogP) is 0.531. The van der Waals surface area contributed by atoms with Gasteiger partial charge < -0.3 is 9.57 Å². The number of esters is 1. The van der Waals surface area contributed by atoms with Crippen LogP contribution in [0.15, 0.2) is 5.16 Å². The molecule has 0 atom stereocenters. The molecule has 0 bridgehead atoms. The average Bonchev–Trinajstić information content (AvgIpc) is 2.05. The van der Waals surface area contributed by atoms with E-state index < -0.39 is 11.8 Å². The van der Waals surface area contributed by atoms with E-state index in [0.717, 1.165) is 0 Å². The summed E-state index contributed by atoms with van der Waals surface area (Å²) in [5.74, 6) is -1.44. The topological polar surface area (TPSA) is 65.0 Å². The van der Waals surface area contributed by atoms with Crippen LogP contribution in [0.3, 0.4) is 0 Å². The molecule has 0 aromatic rings. The Morgan fingerprint density at radius 1 is 1.38 bits per heavy atom. The van der Waals surface area contributed by atoms with E-state index in [9.17, 15) is 9.59 Å². The maximum Gasteiger partial charge on any atom is 0.374 e. The van der Waals surface area contributed by atoms with Gasteiger partial charge >= 0.3 is 5.97 Å². The van der Waals surface area contributed by atoms with Gasteiger partial charge in [0.05, 0.1) is 18.7 Å². The molecule has 0 spiro atoms. The normalized spacial score (nSPS) is 10.8. The van der Waals surface area contributed by atoms with E-state index in [4.69, 9.17) is 0 Å². The van der Waals surface area contributed by atoms with Crippen molar-refractivity contribution < 1.29 is 19.2 Å². The molecular weight excluding hydrogens is 174 g/mol. The number of ether oxygens (including phenoxy) is 1. The van der Waals surface area contributed by atoms with Gasteiger partial charge in [-0.05, 0) is 13.8 Å². The van der Waals surface area contributed by atoms with Crippen molar-refractivity contribution in [2.75, 3.05) is 13.7 Å². The zero-order valence-electron chi connectivity index (χ0n) is 7.99. The van der Waals surface area contributed by atoms with Gasteiger partial charge in [0.15, 0.2) is 0 Å². The molecule has 5 heteroatoms. The fourth-order valence-electron chi connectivity index (χ4n) is 0.704. The second kappa shape index (κ2) is 6.16. The highest BCUT2D eigenvalue weighted by atomic mass is 16.6. The Hall–Kier alpha value is -1.39. The summed E-state index contributed by atoms with van der Waals surface area (Å²) >= 11 is 0. The number of carbonyl (C=O) groups excluding carboxylic acids is 2. The van der Waals surface area contributed by atoms with E-state index in [1.165, 1.54) is 7.11 Å². The summed E-state index contributed by atoms with van der Waals surface area (Å²) in [7, 11) is 1.37. The Kier molecular flexibility index (Phi) is 5.50. The number of hydrogen-bond donors (Lipinski definition) is 0. The summed E-state index contributed by atoms with van der Waals surface area (Å²) in [4.78, 5) is 26.3. The maximum absolute atomic E-state index is 11.0. The minimum absolute atomic E-state index is 0.0628. The van der Waals surface area contributed by atoms with Crippen LogP contribution in [-0.2, 0) is 19.2 Å². The largest absolute Gasteiger partial charge is 0.460 e. The molecule has 0 aromatic carbocycles. The molecule has 0 saturated carbocycles. The van der Waals surface area contributed by atoms with Crippen molar-refractivity contribution in [1.82, 2.24) is 0 Å². The van der Waals surface area contributed by atoms with E-state index in [-0.39, 0.29) is 13.0 Å². The van der Waals surface area contributed by atoms with Crippen molar-refractivity contribution in [2.24, 2.45) is 5.16 Å². The van der Waals surface area contributed by atoms with Crippen LogP contribution in [0.4, 0.5) is 0 Å². The number of nitrogens with zero attached hydrogens (tertiary/aromatic N) is 1. The summed E-state index contributed by atoms with van der Waals surface area (Å²) in [6, 6.07) is 0. The Bertz CT molecular complexity index is 222. The van der Waals surface area contributed by atoms with Crippen molar-refractivity contribution in [1.29, 1.82) is 0 Å². The van der Waals surface area contributed by atoms with Crippen molar-refractivity contribution in [2.45, 2.75) is 20.3 Å². The summed E-state index contributed by atoms with van der Waals surface area (Å²) < 4.78 is 4.50. The monoisotopic (exact) mass is 187 g/mol. The fraction of sp³-hybridized carbons (Fsp3) is 0.625. The third-order valence-electron chi connectivity index (χ3n) is 1.17. The van der Waals surface area contributed by atoms with E-state index in [2.05, 4.69) is 14.7 Å². The summed E-state index contributed by atoms with van der Waals surface area (Å²) in [6.07, 6.45) is -0.0628. The Labute approximate surface area is 76.7 Å². The summed E-state index contributed by atoms with van der Waals surface area (Å²) in [6.45, 7) is 3.44. The van der Waals surface area contributed by atoms with Crippen molar-refractivity contribution in [3.63, 3.8) is 0 Å². The van der Waals surface area contributed by atoms with Gasteiger partial charge in [-0.15, -0.1) is 0 Å². The van der Waals surface area contributed by atoms with Crippen LogP contribution < -0.4 is 0 Å². The van der Waals surface area contributed by atoms with Gasteiger partial charge in [-0.3, -0.25) is 4.79 Å². The van der Waals surface area contributed by atoms with E-state index in [0.29, 0.717) is 5.71 Å². The fourth-order valence-corrected chi connectivity index (χ4v) is 0.704. The third-order valence-corrected chi connectivity index (χ3v) is 1.17. The number of oxime groups is 1. The first-order chi connectivity index (χ1) is 6.11. The number of Topliss-reactive ketones (excluding diaryl/α,β-unsaturated/α-hetero) is 1. The van der Waals surface area contributed by atoms with E-state index in [1.54, 1.807) is 13.8 Å².